The van der Waals surface area contributed by atoms with E-state index in [9.17, 15) is 16.8 Å². The highest BCUT2D eigenvalue weighted by atomic mass is 32.2. The second kappa shape index (κ2) is 7.65. The molecule has 2 aromatic rings. The van der Waals surface area contributed by atoms with E-state index in [0.29, 0.717) is 17.9 Å². The van der Waals surface area contributed by atoms with Crippen LogP contribution in [0.5, 0.6) is 0 Å². The minimum absolute atomic E-state index is 0.00250. The number of rotatable bonds is 5. The van der Waals surface area contributed by atoms with Gasteiger partial charge < -0.3 is 0 Å². The van der Waals surface area contributed by atoms with E-state index in [4.69, 9.17) is 0 Å². The third-order valence-corrected chi connectivity index (χ3v) is 8.32. The van der Waals surface area contributed by atoms with Gasteiger partial charge in [-0.15, -0.1) is 0 Å². The number of sulfonamides is 2. The molecule has 0 atom stereocenters. The SMILES string of the molecule is CCS(=O)(=O)N1CCCc2ccc(NS(=O)(=O)c3ccc(C(C)(C)C)cc3)cc21. The van der Waals surface area contributed by atoms with E-state index in [0.717, 1.165) is 24.0 Å². The van der Waals surface area contributed by atoms with Crippen LogP contribution in [0.3, 0.4) is 0 Å². The van der Waals surface area contributed by atoms with Crippen LogP contribution < -0.4 is 9.03 Å². The van der Waals surface area contributed by atoms with Crippen molar-refractivity contribution in [2.24, 2.45) is 0 Å². The average Bonchev–Trinajstić information content (AvgIpc) is 2.66. The maximum absolute atomic E-state index is 12.8. The Hall–Kier alpha value is -2.06. The van der Waals surface area contributed by atoms with Crippen molar-refractivity contribution in [2.45, 2.75) is 50.8 Å². The van der Waals surface area contributed by atoms with E-state index in [1.165, 1.54) is 4.31 Å². The second-order valence-corrected chi connectivity index (χ2v) is 12.2. The first-order chi connectivity index (χ1) is 13.4. The summed E-state index contributed by atoms with van der Waals surface area (Å²) >= 11 is 0. The van der Waals surface area contributed by atoms with Crippen molar-refractivity contribution in [2.75, 3.05) is 21.3 Å². The van der Waals surface area contributed by atoms with Gasteiger partial charge in [0.1, 0.15) is 0 Å². The van der Waals surface area contributed by atoms with Gasteiger partial charge in [-0.1, -0.05) is 39.0 Å². The summed E-state index contributed by atoms with van der Waals surface area (Å²) in [6.45, 7) is 8.22. The van der Waals surface area contributed by atoms with Gasteiger partial charge in [0.25, 0.3) is 10.0 Å². The van der Waals surface area contributed by atoms with Crippen molar-refractivity contribution < 1.29 is 16.8 Å². The molecule has 8 heteroatoms. The van der Waals surface area contributed by atoms with Crippen LogP contribution in [-0.4, -0.2) is 29.1 Å². The lowest BCUT2D eigenvalue weighted by molar-refractivity contribution is 0.587. The van der Waals surface area contributed by atoms with Crippen LogP contribution in [0.15, 0.2) is 47.4 Å². The van der Waals surface area contributed by atoms with Gasteiger partial charge in [0.15, 0.2) is 0 Å². The lowest BCUT2D eigenvalue weighted by Gasteiger charge is -2.30. The Morgan fingerprint density at radius 3 is 2.24 bits per heavy atom. The molecule has 0 unspecified atom stereocenters. The average molecular weight is 437 g/mol. The highest BCUT2D eigenvalue weighted by Crippen LogP contribution is 2.33. The molecular weight excluding hydrogens is 408 g/mol. The molecule has 0 saturated heterocycles. The third-order valence-electron chi connectivity index (χ3n) is 5.14. The Balaban J connectivity index is 1.91. The summed E-state index contributed by atoms with van der Waals surface area (Å²) in [5.74, 6) is 0.00250. The number of fused-ring (bicyclic) bond motifs is 1. The molecule has 6 nitrogen and oxygen atoms in total. The standard InChI is InChI=1S/C21H28N2O4S2/c1-5-28(24,25)23-14-6-7-16-8-11-18(15-20(16)23)22-29(26,27)19-12-9-17(10-13-19)21(2,3)4/h8-13,15,22H,5-7,14H2,1-4H3. The first-order valence-electron chi connectivity index (χ1n) is 9.71. The van der Waals surface area contributed by atoms with E-state index in [2.05, 4.69) is 25.5 Å². The van der Waals surface area contributed by atoms with Crippen molar-refractivity contribution in [3.8, 4) is 0 Å². The van der Waals surface area contributed by atoms with Gasteiger partial charge in [0.05, 0.1) is 22.0 Å². The van der Waals surface area contributed by atoms with Gasteiger partial charge >= 0.3 is 0 Å². The smallest absolute Gasteiger partial charge is 0.261 e. The molecule has 1 aliphatic heterocycles. The normalized spacial score (nSPS) is 15.1. The molecule has 3 rings (SSSR count). The van der Waals surface area contributed by atoms with Gasteiger partial charge in [-0.2, -0.15) is 0 Å². The lowest BCUT2D eigenvalue weighted by atomic mass is 9.87. The molecule has 1 heterocycles. The molecule has 0 spiro atoms. The Bertz CT molecular complexity index is 1100. The second-order valence-electron chi connectivity index (χ2n) is 8.30. The summed E-state index contributed by atoms with van der Waals surface area (Å²) in [7, 11) is -7.19. The minimum Gasteiger partial charge on any atom is -0.280 e. The van der Waals surface area contributed by atoms with Crippen molar-refractivity contribution in [3.63, 3.8) is 0 Å². The molecule has 29 heavy (non-hydrogen) atoms. The van der Waals surface area contributed by atoms with E-state index in [1.807, 2.05) is 12.1 Å². The number of nitrogens with one attached hydrogen (secondary N) is 1. The summed E-state index contributed by atoms with van der Waals surface area (Å²) < 4.78 is 54.5. The first-order valence-corrected chi connectivity index (χ1v) is 12.8. The maximum atomic E-state index is 12.8. The van der Waals surface area contributed by atoms with Gasteiger partial charge in [0, 0.05) is 6.54 Å². The van der Waals surface area contributed by atoms with E-state index in [1.54, 1.807) is 37.3 Å². The molecule has 0 radical (unpaired) electrons. The Morgan fingerprint density at radius 2 is 1.66 bits per heavy atom. The van der Waals surface area contributed by atoms with Crippen molar-refractivity contribution in [3.05, 3.63) is 53.6 Å². The van der Waals surface area contributed by atoms with Crippen LogP contribution in [0.4, 0.5) is 11.4 Å². The molecule has 0 saturated carbocycles. The summed E-state index contributed by atoms with van der Waals surface area (Å²) in [5, 5.41) is 0. The number of hydrogen-bond acceptors (Lipinski definition) is 4. The fourth-order valence-electron chi connectivity index (χ4n) is 3.40. The monoisotopic (exact) mass is 436 g/mol. The van der Waals surface area contributed by atoms with Gasteiger partial charge in [0.2, 0.25) is 10.0 Å². The molecular formula is C21H28N2O4S2. The molecule has 158 valence electrons. The van der Waals surface area contributed by atoms with Crippen LogP contribution in [0.25, 0.3) is 0 Å². The fourth-order valence-corrected chi connectivity index (χ4v) is 5.64. The quantitative estimate of drug-likeness (QED) is 0.771. The molecule has 1 N–H and O–H groups in total. The molecule has 0 amide bonds. The molecule has 0 bridgehead atoms. The number of nitrogens with zero attached hydrogens (tertiary/aromatic N) is 1. The fraction of sp³-hybridized carbons (Fsp3) is 0.429. The predicted octanol–water partition coefficient (Wildman–Crippen LogP) is 3.89. The highest BCUT2D eigenvalue weighted by Gasteiger charge is 2.27. The van der Waals surface area contributed by atoms with Crippen molar-refractivity contribution in [1.29, 1.82) is 0 Å². The van der Waals surface area contributed by atoms with E-state index >= 15 is 0 Å². The summed E-state index contributed by atoms with van der Waals surface area (Å²) in [4.78, 5) is 0.168. The van der Waals surface area contributed by atoms with Gasteiger partial charge in [-0.3, -0.25) is 9.03 Å². The minimum atomic E-state index is -3.78. The number of benzene rings is 2. The van der Waals surface area contributed by atoms with E-state index in [-0.39, 0.29) is 16.1 Å². The zero-order chi connectivity index (χ0) is 21.4. The van der Waals surface area contributed by atoms with E-state index < -0.39 is 20.0 Å². The lowest BCUT2D eigenvalue weighted by Crippen LogP contribution is -2.36. The summed E-state index contributed by atoms with van der Waals surface area (Å²) in [6, 6.07) is 11.9. The number of anilines is 2. The van der Waals surface area contributed by atoms with Crippen LogP contribution >= 0.6 is 0 Å². The highest BCUT2D eigenvalue weighted by molar-refractivity contribution is 7.93. The van der Waals surface area contributed by atoms with Gasteiger partial charge in [-0.25, -0.2) is 16.8 Å². The van der Waals surface area contributed by atoms with Crippen LogP contribution in [0.2, 0.25) is 0 Å². The number of hydrogen-bond donors (Lipinski definition) is 1. The Kier molecular flexibility index (Phi) is 5.71. The van der Waals surface area contributed by atoms with Crippen LogP contribution in [-0.2, 0) is 31.9 Å². The third kappa shape index (κ3) is 4.59. The van der Waals surface area contributed by atoms with Crippen molar-refractivity contribution in [1.82, 2.24) is 0 Å². The molecule has 0 aliphatic carbocycles. The molecule has 1 aliphatic rings. The zero-order valence-electron chi connectivity index (χ0n) is 17.3. The van der Waals surface area contributed by atoms with Crippen LogP contribution in [0.1, 0.15) is 45.2 Å². The number of aryl methyl sites for hydroxylation is 1. The molecule has 2 aromatic carbocycles. The van der Waals surface area contributed by atoms with Crippen molar-refractivity contribution >= 4 is 31.4 Å². The largest absolute Gasteiger partial charge is 0.280 e. The van der Waals surface area contributed by atoms with Crippen LogP contribution in [0, 0.1) is 0 Å². The molecule has 0 aromatic heterocycles. The Labute approximate surface area is 174 Å². The molecule has 0 fully saturated rings. The first kappa shape index (κ1) is 21.6. The van der Waals surface area contributed by atoms with Gasteiger partial charge in [-0.05, 0) is 60.6 Å². The summed E-state index contributed by atoms with van der Waals surface area (Å²) in [6.07, 6.45) is 1.52. The topological polar surface area (TPSA) is 83.6 Å². The Morgan fingerprint density at radius 1 is 1.00 bits per heavy atom. The maximum Gasteiger partial charge on any atom is 0.261 e. The summed E-state index contributed by atoms with van der Waals surface area (Å²) in [5.41, 5.74) is 2.79. The predicted molar refractivity (Wildman–Crippen MR) is 118 cm³/mol. The zero-order valence-corrected chi connectivity index (χ0v) is 18.9.